The summed E-state index contributed by atoms with van der Waals surface area (Å²) < 4.78 is 5.53. The summed E-state index contributed by atoms with van der Waals surface area (Å²) >= 11 is 0. The monoisotopic (exact) mass is 366 g/mol. The molecule has 0 spiro atoms. The van der Waals surface area contributed by atoms with Crippen LogP contribution in [0.1, 0.15) is 55.5 Å². The average molecular weight is 367 g/mol. The topological polar surface area (TPSA) is 41.6 Å². The fraction of sp³-hybridized carbons (Fsp3) is 0.435. The molecule has 144 valence electrons. The van der Waals surface area contributed by atoms with E-state index in [9.17, 15) is 4.79 Å². The number of benzene rings is 2. The number of carbonyl (C=O) groups excluding carboxylic acids is 1. The Morgan fingerprint density at radius 2 is 1.96 bits per heavy atom. The fourth-order valence-corrected chi connectivity index (χ4v) is 3.97. The Hall–Kier alpha value is -2.33. The van der Waals surface area contributed by atoms with Gasteiger partial charge in [0.05, 0.1) is 19.2 Å². The summed E-state index contributed by atoms with van der Waals surface area (Å²) in [5.41, 5.74) is 3.64. The summed E-state index contributed by atoms with van der Waals surface area (Å²) in [6.45, 7) is 8.20. The van der Waals surface area contributed by atoms with Crippen LogP contribution in [0.25, 0.3) is 0 Å². The van der Waals surface area contributed by atoms with E-state index in [0.717, 1.165) is 25.1 Å². The lowest BCUT2D eigenvalue weighted by atomic mass is 10.0. The molecule has 1 N–H and O–H groups in total. The van der Waals surface area contributed by atoms with E-state index < -0.39 is 0 Å². The van der Waals surface area contributed by atoms with Gasteiger partial charge in [0.15, 0.2) is 0 Å². The molecular formula is C23H30N2O2. The maximum atomic E-state index is 12.6. The first-order valence-corrected chi connectivity index (χ1v) is 9.90. The molecule has 0 radical (unpaired) electrons. The highest BCUT2D eigenvalue weighted by Gasteiger charge is 2.28. The minimum absolute atomic E-state index is 0.0187. The van der Waals surface area contributed by atoms with E-state index >= 15 is 0 Å². The molecule has 1 saturated heterocycles. The molecule has 4 nitrogen and oxygen atoms in total. The van der Waals surface area contributed by atoms with Gasteiger partial charge in [0.25, 0.3) is 0 Å². The van der Waals surface area contributed by atoms with Gasteiger partial charge in [-0.25, -0.2) is 0 Å². The molecule has 0 unspecified atom stereocenters. The molecule has 27 heavy (non-hydrogen) atoms. The van der Waals surface area contributed by atoms with Gasteiger partial charge < -0.3 is 10.1 Å². The van der Waals surface area contributed by atoms with Gasteiger partial charge in [-0.2, -0.15) is 0 Å². The molecule has 4 heteroatoms. The number of hydrogen-bond acceptors (Lipinski definition) is 3. The lowest BCUT2D eigenvalue weighted by Gasteiger charge is -2.25. The number of ether oxygens (including phenoxy) is 1. The molecule has 0 aromatic heterocycles. The zero-order valence-corrected chi connectivity index (χ0v) is 16.6. The van der Waals surface area contributed by atoms with Crippen molar-refractivity contribution in [2.75, 3.05) is 19.7 Å². The van der Waals surface area contributed by atoms with Crippen LogP contribution in [0.15, 0.2) is 48.5 Å². The van der Waals surface area contributed by atoms with Crippen molar-refractivity contribution in [3.63, 3.8) is 0 Å². The third-order valence-corrected chi connectivity index (χ3v) is 5.32. The zero-order valence-electron chi connectivity index (χ0n) is 16.6. The number of aryl methyl sites for hydroxylation is 1. The van der Waals surface area contributed by atoms with Crippen LogP contribution in [-0.4, -0.2) is 30.5 Å². The van der Waals surface area contributed by atoms with E-state index in [1.807, 2.05) is 38.1 Å². The molecule has 1 fully saturated rings. The summed E-state index contributed by atoms with van der Waals surface area (Å²) in [6.07, 6.45) is 2.22. The molecule has 3 rings (SSSR count). The van der Waals surface area contributed by atoms with Crippen LogP contribution in [-0.2, 0) is 4.79 Å². The maximum absolute atomic E-state index is 12.6. The first-order valence-electron chi connectivity index (χ1n) is 9.90. The molecule has 1 amide bonds. The first-order chi connectivity index (χ1) is 13.1. The van der Waals surface area contributed by atoms with Crippen LogP contribution in [0, 0.1) is 6.92 Å². The Balaban J connectivity index is 1.60. The van der Waals surface area contributed by atoms with Crippen LogP contribution >= 0.6 is 0 Å². The van der Waals surface area contributed by atoms with E-state index in [0.29, 0.717) is 19.2 Å². The minimum Gasteiger partial charge on any atom is -0.494 e. The lowest BCUT2D eigenvalue weighted by Crippen LogP contribution is -2.38. The lowest BCUT2D eigenvalue weighted by molar-refractivity contribution is -0.123. The van der Waals surface area contributed by atoms with E-state index in [1.165, 1.54) is 16.7 Å². The fourth-order valence-electron chi connectivity index (χ4n) is 3.97. The summed E-state index contributed by atoms with van der Waals surface area (Å²) in [5.74, 6) is 0.985. The third kappa shape index (κ3) is 4.89. The highest BCUT2D eigenvalue weighted by atomic mass is 16.5. The predicted molar refractivity (Wildman–Crippen MR) is 109 cm³/mol. The van der Waals surface area contributed by atoms with Crippen LogP contribution in [0.3, 0.4) is 0 Å². The molecule has 0 aliphatic carbocycles. The first kappa shape index (κ1) is 19.4. The molecule has 1 heterocycles. The van der Waals surface area contributed by atoms with E-state index in [4.69, 9.17) is 4.74 Å². The Bertz CT molecular complexity index is 757. The van der Waals surface area contributed by atoms with Gasteiger partial charge in [0.2, 0.25) is 5.91 Å². The Labute approximate surface area is 162 Å². The van der Waals surface area contributed by atoms with Gasteiger partial charge in [-0.15, -0.1) is 0 Å². The summed E-state index contributed by atoms with van der Waals surface area (Å²) in [5, 5.41) is 3.16. The minimum atomic E-state index is 0.0187. The Kier molecular flexibility index (Phi) is 6.51. The normalized spacial score (nSPS) is 18.3. The molecule has 2 aromatic carbocycles. The van der Waals surface area contributed by atoms with Crippen molar-refractivity contribution in [2.45, 2.75) is 45.7 Å². The van der Waals surface area contributed by atoms with Crippen molar-refractivity contribution in [3.8, 4) is 5.75 Å². The van der Waals surface area contributed by atoms with Gasteiger partial charge in [-0.3, -0.25) is 9.69 Å². The van der Waals surface area contributed by atoms with Crippen LogP contribution in [0.5, 0.6) is 5.75 Å². The number of hydrogen-bond donors (Lipinski definition) is 1. The van der Waals surface area contributed by atoms with Gasteiger partial charge >= 0.3 is 0 Å². The van der Waals surface area contributed by atoms with Gasteiger partial charge in [-0.05, 0) is 69.0 Å². The van der Waals surface area contributed by atoms with Crippen LogP contribution in [0.2, 0.25) is 0 Å². The van der Waals surface area contributed by atoms with E-state index in [-0.39, 0.29) is 11.9 Å². The number of rotatable bonds is 7. The SMILES string of the molecule is CCOc1ccc([C@H]2CCCN2CC(=O)N[C@H](C)c2ccccc2C)cc1. The van der Waals surface area contributed by atoms with Crippen molar-refractivity contribution >= 4 is 5.91 Å². The van der Waals surface area contributed by atoms with Gasteiger partial charge in [0, 0.05) is 6.04 Å². The van der Waals surface area contributed by atoms with Gasteiger partial charge in [-0.1, -0.05) is 36.4 Å². The molecule has 2 aromatic rings. The number of carbonyl (C=O) groups is 1. The summed E-state index contributed by atoms with van der Waals surface area (Å²) in [7, 11) is 0. The largest absolute Gasteiger partial charge is 0.494 e. The molecule has 0 bridgehead atoms. The van der Waals surface area contributed by atoms with Gasteiger partial charge in [0.1, 0.15) is 5.75 Å². The maximum Gasteiger partial charge on any atom is 0.234 e. The Morgan fingerprint density at radius 1 is 1.22 bits per heavy atom. The Morgan fingerprint density at radius 3 is 2.67 bits per heavy atom. The van der Waals surface area contributed by atoms with Crippen LogP contribution in [0.4, 0.5) is 0 Å². The number of nitrogens with one attached hydrogen (secondary N) is 1. The predicted octanol–water partition coefficient (Wildman–Crippen LogP) is 4.41. The van der Waals surface area contributed by atoms with Crippen LogP contribution < -0.4 is 10.1 Å². The summed E-state index contributed by atoms with van der Waals surface area (Å²) in [4.78, 5) is 14.9. The van der Waals surface area contributed by atoms with E-state index in [1.54, 1.807) is 0 Å². The second-order valence-electron chi connectivity index (χ2n) is 7.28. The van der Waals surface area contributed by atoms with E-state index in [2.05, 4.69) is 41.4 Å². The van der Waals surface area contributed by atoms with Crippen molar-refractivity contribution in [3.05, 3.63) is 65.2 Å². The summed E-state index contributed by atoms with van der Waals surface area (Å²) in [6, 6.07) is 16.8. The third-order valence-electron chi connectivity index (χ3n) is 5.32. The second-order valence-corrected chi connectivity index (χ2v) is 7.28. The quantitative estimate of drug-likeness (QED) is 0.789. The smallest absolute Gasteiger partial charge is 0.234 e. The molecule has 1 aliphatic heterocycles. The number of nitrogens with zero attached hydrogens (tertiary/aromatic N) is 1. The molecular weight excluding hydrogens is 336 g/mol. The van der Waals surface area contributed by atoms with Crippen molar-refractivity contribution in [1.29, 1.82) is 0 Å². The zero-order chi connectivity index (χ0) is 19.2. The molecule has 2 atom stereocenters. The highest BCUT2D eigenvalue weighted by molar-refractivity contribution is 5.78. The average Bonchev–Trinajstić information content (AvgIpc) is 3.11. The van der Waals surface area contributed by atoms with Crippen molar-refractivity contribution in [2.24, 2.45) is 0 Å². The highest BCUT2D eigenvalue weighted by Crippen LogP contribution is 2.32. The van der Waals surface area contributed by atoms with Crippen molar-refractivity contribution in [1.82, 2.24) is 10.2 Å². The molecule has 0 saturated carbocycles. The standard InChI is InChI=1S/C23H30N2O2/c1-4-27-20-13-11-19(12-14-20)22-10-7-15-25(22)16-23(26)24-18(3)21-9-6-5-8-17(21)2/h5-6,8-9,11-14,18,22H,4,7,10,15-16H2,1-3H3,(H,24,26)/t18-,22-/m1/s1. The second kappa shape index (κ2) is 9.05. The molecule has 1 aliphatic rings. The number of likely N-dealkylation sites (tertiary alicyclic amines) is 1. The van der Waals surface area contributed by atoms with Crippen molar-refractivity contribution < 1.29 is 9.53 Å². The number of amides is 1.